The van der Waals surface area contributed by atoms with Crippen molar-refractivity contribution in [1.29, 1.82) is 0 Å². The highest BCUT2D eigenvalue weighted by Gasteiger charge is 2.18. The van der Waals surface area contributed by atoms with Crippen LogP contribution in [-0.4, -0.2) is 37.0 Å². The zero-order valence-corrected chi connectivity index (χ0v) is 14.8. The molecule has 3 rings (SSSR count). The molecule has 0 bridgehead atoms. The summed E-state index contributed by atoms with van der Waals surface area (Å²) in [5.41, 5.74) is 2.04. The molecular weight excluding hydrogens is 300 g/mol. The molecule has 130 valence electrons. The Morgan fingerprint density at radius 1 is 1.33 bits per heavy atom. The SMILES string of the molecule is CCC1CCc2cc(NC(=O)/C=C/C3CCN(C)CC3)ccc2O1. The summed E-state index contributed by atoms with van der Waals surface area (Å²) < 4.78 is 5.95. The lowest BCUT2D eigenvalue weighted by molar-refractivity contribution is -0.111. The lowest BCUT2D eigenvalue weighted by Gasteiger charge is -2.26. The summed E-state index contributed by atoms with van der Waals surface area (Å²) in [6.07, 6.45) is 9.47. The van der Waals surface area contributed by atoms with Crippen LogP contribution in [0.15, 0.2) is 30.4 Å². The van der Waals surface area contributed by atoms with Crippen molar-refractivity contribution in [1.82, 2.24) is 4.90 Å². The minimum Gasteiger partial charge on any atom is -0.490 e. The number of piperidine rings is 1. The topological polar surface area (TPSA) is 41.6 Å². The quantitative estimate of drug-likeness (QED) is 0.858. The molecule has 2 aliphatic heterocycles. The van der Waals surface area contributed by atoms with Crippen LogP contribution in [0.5, 0.6) is 5.75 Å². The van der Waals surface area contributed by atoms with E-state index in [2.05, 4.69) is 30.3 Å². The number of benzene rings is 1. The molecule has 1 fully saturated rings. The molecule has 0 aliphatic carbocycles. The van der Waals surface area contributed by atoms with E-state index in [0.29, 0.717) is 12.0 Å². The first-order valence-electron chi connectivity index (χ1n) is 9.11. The third-order valence-corrected chi connectivity index (χ3v) is 5.10. The molecule has 0 radical (unpaired) electrons. The summed E-state index contributed by atoms with van der Waals surface area (Å²) in [5, 5.41) is 2.97. The van der Waals surface area contributed by atoms with Crippen molar-refractivity contribution in [2.24, 2.45) is 5.92 Å². The standard InChI is InChI=1S/C20H28N2O2/c1-3-18-7-5-16-14-17(6-8-19(16)24-18)21-20(23)9-4-15-10-12-22(2)13-11-15/h4,6,8-9,14-15,18H,3,5,7,10-13H2,1-2H3,(H,21,23)/b9-4+. The minimum atomic E-state index is -0.0444. The van der Waals surface area contributed by atoms with Gasteiger partial charge in [-0.05, 0) is 88.0 Å². The number of hydrogen-bond donors (Lipinski definition) is 1. The predicted molar refractivity (Wildman–Crippen MR) is 97.5 cm³/mol. The molecule has 1 aromatic rings. The van der Waals surface area contributed by atoms with Crippen molar-refractivity contribution < 1.29 is 9.53 Å². The Hall–Kier alpha value is -1.81. The number of carbonyl (C=O) groups is 1. The number of amides is 1. The first-order chi connectivity index (χ1) is 11.6. The molecule has 2 aliphatic rings. The summed E-state index contributed by atoms with van der Waals surface area (Å²) in [6.45, 7) is 4.38. The van der Waals surface area contributed by atoms with Gasteiger partial charge in [0.05, 0.1) is 6.10 Å². The van der Waals surface area contributed by atoms with Gasteiger partial charge in [-0.3, -0.25) is 4.79 Å². The van der Waals surface area contributed by atoms with Crippen LogP contribution in [0.25, 0.3) is 0 Å². The lowest BCUT2D eigenvalue weighted by Crippen LogP contribution is -2.29. The summed E-state index contributed by atoms with van der Waals surface area (Å²) in [5.74, 6) is 1.44. The van der Waals surface area contributed by atoms with Crippen LogP contribution in [-0.2, 0) is 11.2 Å². The summed E-state index contributed by atoms with van der Waals surface area (Å²) >= 11 is 0. The number of allylic oxidation sites excluding steroid dienone is 1. The fourth-order valence-electron chi connectivity index (χ4n) is 3.44. The zero-order chi connectivity index (χ0) is 16.9. The Morgan fingerprint density at radius 3 is 2.88 bits per heavy atom. The maximum atomic E-state index is 12.1. The van der Waals surface area contributed by atoms with Crippen molar-refractivity contribution in [3.8, 4) is 5.75 Å². The molecule has 24 heavy (non-hydrogen) atoms. The number of fused-ring (bicyclic) bond motifs is 1. The van der Waals surface area contributed by atoms with Crippen LogP contribution >= 0.6 is 0 Å². The Balaban J connectivity index is 1.55. The second-order valence-electron chi connectivity index (χ2n) is 7.00. The van der Waals surface area contributed by atoms with Gasteiger partial charge >= 0.3 is 0 Å². The van der Waals surface area contributed by atoms with Gasteiger partial charge in [0, 0.05) is 5.69 Å². The predicted octanol–water partition coefficient (Wildman–Crippen LogP) is 3.63. The van der Waals surface area contributed by atoms with Gasteiger partial charge in [0.15, 0.2) is 0 Å². The number of likely N-dealkylation sites (tertiary alicyclic amines) is 1. The largest absolute Gasteiger partial charge is 0.490 e. The van der Waals surface area contributed by atoms with Gasteiger partial charge in [-0.25, -0.2) is 0 Å². The molecule has 4 heteroatoms. The molecule has 1 amide bonds. The maximum absolute atomic E-state index is 12.1. The van der Waals surface area contributed by atoms with Crippen LogP contribution in [0.1, 0.15) is 38.2 Å². The third kappa shape index (κ3) is 4.38. The van der Waals surface area contributed by atoms with Gasteiger partial charge in [-0.1, -0.05) is 13.0 Å². The zero-order valence-electron chi connectivity index (χ0n) is 14.8. The molecule has 1 saturated heterocycles. The fraction of sp³-hybridized carbons (Fsp3) is 0.550. The molecule has 2 heterocycles. The van der Waals surface area contributed by atoms with Crippen molar-refractivity contribution in [2.45, 2.75) is 45.1 Å². The van der Waals surface area contributed by atoms with E-state index in [9.17, 15) is 4.79 Å². The number of nitrogens with zero attached hydrogens (tertiary/aromatic N) is 1. The van der Waals surface area contributed by atoms with Gasteiger partial charge in [0.2, 0.25) is 5.91 Å². The van der Waals surface area contributed by atoms with Gasteiger partial charge in [0.25, 0.3) is 0 Å². The molecular formula is C20H28N2O2. The number of rotatable bonds is 4. The fourth-order valence-corrected chi connectivity index (χ4v) is 3.44. The van der Waals surface area contributed by atoms with E-state index in [1.54, 1.807) is 6.08 Å². The van der Waals surface area contributed by atoms with E-state index in [0.717, 1.165) is 56.6 Å². The Kier molecular flexibility index (Phi) is 5.56. The first kappa shape index (κ1) is 17.0. The van der Waals surface area contributed by atoms with Crippen molar-refractivity contribution >= 4 is 11.6 Å². The first-order valence-corrected chi connectivity index (χ1v) is 9.11. The van der Waals surface area contributed by atoms with Crippen molar-refractivity contribution in [3.05, 3.63) is 35.9 Å². The molecule has 1 aromatic carbocycles. The number of hydrogen-bond acceptors (Lipinski definition) is 3. The molecule has 0 spiro atoms. The van der Waals surface area contributed by atoms with E-state index in [1.165, 1.54) is 5.56 Å². The van der Waals surface area contributed by atoms with E-state index in [-0.39, 0.29) is 5.91 Å². The molecule has 0 saturated carbocycles. The number of anilines is 1. The molecule has 4 nitrogen and oxygen atoms in total. The highest BCUT2D eigenvalue weighted by Crippen LogP contribution is 2.31. The normalized spacial score (nSPS) is 22.2. The second kappa shape index (κ2) is 7.84. The average Bonchev–Trinajstić information content (AvgIpc) is 2.61. The summed E-state index contributed by atoms with van der Waals surface area (Å²) in [6, 6.07) is 5.95. The van der Waals surface area contributed by atoms with Crippen LogP contribution in [0, 0.1) is 5.92 Å². The highest BCUT2D eigenvalue weighted by atomic mass is 16.5. The van der Waals surface area contributed by atoms with Crippen LogP contribution in [0.2, 0.25) is 0 Å². The molecule has 1 unspecified atom stereocenters. The third-order valence-electron chi connectivity index (χ3n) is 5.10. The monoisotopic (exact) mass is 328 g/mol. The Labute approximate surface area is 144 Å². The Bertz CT molecular complexity index is 604. The summed E-state index contributed by atoms with van der Waals surface area (Å²) in [7, 11) is 2.15. The van der Waals surface area contributed by atoms with Crippen molar-refractivity contribution in [2.75, 3.05) is 25.5 Å². The van der Waals surface area contributed by atoms with Crippen LogP contribution in [0.3, 0.4) is 0 Å². The van der Waals surface area contributed by atoms with E-state index < -0.39 is 0 Å². The Morgan fingerprint density at radius 2 is 2.12 bits per heavy atom. The number of nitrogens with one attached hydrogen (secondary N) is 1. The van der Waals surface area contributed by atoms with E-state index in [4.69, 9.17) is 4.74 Å². The minimum absolute atomic E-state index is 0.0444. The van der Waals surface area contributed by atoms with Crippen molar-refractivity contribution in [3.63, 3.8) is 0 Å². The van der Waals surface area contributed by atoms with Gasteiger partial charge < -0.3 is 15.0 Å². The number of carbonyl (C=O) groups excluding carboxylic acids is 1. The molecule has 1 N–H and O–H groups in total. The van der Waals surface area contributed by atoms with Crippen LogP contribution in [0.4, 0.5) is 5.69 Å². The number of aryl methyl sites for hydroxylation is 1. The number of ether oxygens (including phenoxy) is 1. The summed E-state index contributed by atoms with van der Waals surface area (Å²) in [4.78, 5) is 14.5. The van der Waals surface area contributed by atoms with E-state index in [1.807, 2.05) is 18.2 Å². The molecule has 0 aromatic heterocycles. The van der Waals surface area contributed by atoms with Gasteiger partial charge in [-0.2, -0.15) is 0 Å². The smallest absolute Gasteiger partial charge is 0.248 e. The lowest BCUT2D eigenvalue weighted by atomic mass is 9.97. The van der Waals surface area contributed by atoms with Crippen LogP contribution < -0.4 is 10.1 Å². The second-order valence-corrected chi connectivity index (χ2v) is 7.00. The maximum Gasteiger partial charge on any atom is 0.248 e. The highest BCUT2D eigenvalue weighted by molar-refractivity contribution is 5.99. The average molecular weight is 328 g/mol. The molecule has 1 atom stereocenters. The van der Waals surface area contributed by atoms with Gasteiger partial charge in [0.1, 0.15) is 5.75 Å². The van der Waals surface area contributed by atoms with Gasteiger partial charge in [-0.15, -0.1) is 0 Å². The van der Waals surface area contributed by atoms with E-state index >= 15 is 0 Å².